The zero-order valence-corrected chi connectivity index (χ0v) is 12.8. The Morgan fingerprint density at radius 3 is 2.29 bits per heavy atom. The maximum Gasteiger partial charge on any atom is 0.0863 e. The van der Waals surface area contributed by atoms with Crippen molar-refractivity contribution < 1.29 is 0 Å². The van der Waals surface area contributed by atoms with E-state index in [1.54, 1.807) is 0 Å². The molecule has 2 nitrogen and oxygen atoms in total. The Balaban J connectivity index is 1.71. The molecule has 2 heteroatoms. The monoisotopic (exact) mass is 280 g/mol. The van der Waals surface area contributed by atoms with Crippen molar-refractivity contribution in [1.29, 1.82) is 0 Å². The van der Waals surface area contributed by atoms with Gasteiger partial charge in [-0.05, 0) is 44.0 Å². The van der Waals surface area contributed by atoms with Crippen LogP contribution in [0.5, 0.6) is 0 Å². The van der Waals surface area contributed by atoms with Crippen molar-refractivity contribution in [1.82, 2.24) is 10.2 Å². The van der Waals surface area contributed by atoms with Crippen LogP contribution in [-0.2, 0) is 6.54 Å². The summed E-state index contributed by atoms with van der Waals surface area (Å²) in [4.78, 5) is 2.56. The van der Waals surface area contributed by atoms with Crippen LogP contribution in [0.25, 0.3) is 0 Å². The Hall–Kier alpha value is -1.64. The van der Waals surface area contributed by atoms with E-state index in [2.05, 4.69) is 71.7 Å². The highest BCUT2D eigenvalue weighted by Gasteiger charge is 2.22. The Morgan fingerprint density at radius 1 is 0.952 bits per heavy atom. The Kier molecular flexibility index (Phi) is 4.69. The molecule has 1 saturated heterocycles. The number of nitrogens with zero attached hydrogens (tertiary/aromatic N) is 1. The Morgan fingerprint density at radius 2 is 1.62 bits per heavy atom. The van der Waals surface area contributed by atoms with Crippen LogP contribution in [0.15, 0.2) is 54.6 Å². The fraction of sp³-hybridized carbons (Fsp3) is 0.368. The third kappa shape index (κ3) is 3.72. The number of hydrogen-bond acceptors (Lipinski definition) is 2. The molecule has 1 N–H and O–H groups in total. The molecule has 0 radical (unpaired) electrons. The molecule has 1 fully saturated rings. The predicted molar refractivity (Wildman–Crippen MR) is 88.0 cm³/mol. The largest absolute Gasteiger partial charge is 0.294 e. The van der Waals surface area contributed by atoms with Gasteiger partial charge in [-0.3, -0.25) is 10.2 Å². The molecule has 1 unspecified atom stereocenters. The molecule has 0 bridgehead atoms. The van der Waals surface area contributed by atoms with Crippen molar-refractivity contribution >= 4 is 0 Å². The molecule has 110 valence electrons. The lowest BCUT2D eigenvalue weighted by molar-refractivity contribution is 0.204. The second-order valence-electron chi connectivity index (χ2n) is 5.92. The van der Waals surface area contributed by atoms with Crippen LogP contribution in [0.1, 0.15) is 35.7 Å². The van der Waals surface area contributed by atoms with Crippen LogP contribution in [0.3, 0.4) is 0 Å². The van der Waals surface area contributed by atoms with E-state index in [-0.39, 0.29) is 0 Å². The Bertz CT molecular complexity index is 542. The maximum absolute atomic E-state index is 3.74. The lowest BCUT2D eigenvalue weighted by Gasteiger charge is -2.29. The van der Waals surface area contributed by atoms with Gasteiger partial charge in [-0.25, -0.2) is 0 Å². The minimum absolute atomic E-state index is 0.329. The van der Waals surface area contributed by atoms with Gasteiger partial charge in [0.25, 0.3) is 0 Å². The van der Waals surface area contributed by atoms with Gasteiger partial charge in [0.05, 0.1) is 6.17 Å². The number of benzene rings is 2. The van der Waals surface area contributed by atoms with E-state index < -0.39 is 0 Å². The van der Waals surface area contributed by atoms with Crippen molar-refractivity contribution in [3.63, 3.8) is 0 Å². The van der Waals surface area contributed by atoms with E-state index in [9.17, 15) is 0 Å². The van der Waals surface area contributed by atoms with Crippen LogP contribution in [-0.4, -0.2) is 18.0 Å². The molecule has 21 heavy (non-hydrogen) atoms. The van der Waals surface area contributed by atoms with Crippen LogP contribution < -0.4 is 5.32 Å². The maximum atomic E-state index is 3.74. The van der Waals surface area contributed by atoms with E-state index in [1.807, 2.05) is 0 Å². The number of hydrogen-bond donors (Lipinski definition) is 1. The molecular weight excluding hydrogens is 256 g/mol. The van der Waals surface area contributed by atoms with E-state index in [0.717, 1.165) is 6.54 Å². The summed E-state index contributed by atoms with van der Waals surface area (Å²) in [5.41, 5.74) is 4.03. The molecule has 0 amide bonds. The van der Waals surface area contributed by atoms with E-state index in [1.165, 1.54) is 42.6 Å². The highest BCUT2D eigenvalue weighted by atomic mass is 15.3. The van der Waals surface area contributed by atoms with Gasteiger partial charge in [0.1, 0.15) is 0 Å². The van der Waals surface area contributed by atoms with Crippen LogP contribution in [0.4, 0.5) is 0 Å². The van der Waals surface area contributed by atoms with Crippen molar-refractivity contribution in [2.24, 2.45) is 0 Å². The molecule has 1 aliphatic rings. The second kappa shape index (κ2) is 6.88. The minimum atomic E-state index is 0.329. The zero-order chi connectivity index (χ0) is 14.5. The van der Waals surface area contributed by atoms with Gasteiger partial charge in [-0.1, -0.05) is 60.2 Å². The number of aryl methyl sites for hydroxylation is 1. The van der Waals surface area contributed by atoms with Gasteiger partial charge in [0, 0.05) is 6.54 Å². The van der Waals surface area contributed by atoms with Gasteiger partial charge in [0.2, 0.25) is 0 Å². The molecule has 1 heterocycles. The zero-order valence-electron chi connectivity index (χ0n) is 12.8. The number of likely N-dealkylation sites (tertiary alicyclic amines) is 1. The van der Waals surface area contributed by atoms with Crippen LogP contribution >= 0.6 is 0 Å². The van der Waals surface area contributed by atoms with Gasteiger partial charge in [0.15, 0.2) is 0 Å². The lowest BCUT2D eigenvalue weighted by Crippen LogP contribution is -2.36. The van der Waals surface area contributed by atoms with Gasteiger partial charge >= 0.3 is 0 Å². The molecule has 0 aliphatic carbocycles. The fourth-order valence-corrected chi connectivity index (χ4v) is 3.01. The smallest absolute Gasteiger partial charge is 0.0863 e. The summed E-state index contributed by atoms with van der Waals surface area (Å²) < 4.78 is 0. The number of rotatable bonds is 5. The van der Waals surface area contributed by atoms with Gasteiger partial charge in [-0.2, -0.15) is 0 Å². The highest BCUT2D eigenvalue weighted by molar-refractivity contribution is 5.22. The van der Waals surface area contributed by atoms with Gasteiger partial charge < -0.3 is 0 Å². The normalized spacial score (nSPS) is 17.0. The van der Waals surface area contributed by atoms with Crippen molar-refractivity contribution in [3.8, 4) is 0 Å². The number of nitrogens with one attached hydrogen (secondary N) is 1. The van der Waals surface area contributed by atoms with Crippen LogP contribution in [0, 0.1) is 6.92 Å². The summed E-state index contributed by atoms with van der Waals surface area (Å²) >= 11 is 0. The first kappa shape index (κ1) is 14.3. The SMILES string of the molecule is Cc1ccc(CNC(c2ccccc2)N2CCCC2)cc1. The van der Waals surface area contributed by atoms with Crippen molar-refractivity contribution in [2.45, 2.75) is 32.5 Å². The summed E-state index contributed by atoms with van der Waals surface area (Å²) in [6, 6.07) is 19.6. The quantitative estimate of drug-likeness (QED) is 0.894. The third-order valence-electron chi connectivity index (χ3n) is 4.24. The summed E-state index contributed by atoms with van der Waals surface area (Å²) in [6.07, 6.45) is 2.96. The molecule has 0 saturated carbocycles. The molecule has 1 aliphatic heterocycles. The summed E-state index contributed by atoms with van der Waals surface area (Å²) in [7, 11) is 0. The molecule has 3 rings (SSSR count). The topological polar surface area (TPSA) is 15.3 Å². The molecule has 0 aromatic heterocycles. The molecule has 2 aromatic rings. The summed E-state index contributed by atoms with van der Waals surface area (Å²) in [5, 5.41) is 3.74. The first-order valence-electron chi connectivity index (χ1n) is 7.91. The van der Waals surface area contributed by atoms with E-state index in [0.29, 0.717) is 6.17 Å². The van der Waals surface area contributed by atoms with Crippen molar-refractivity contribution in [3.05, 3.63) is 71.3 Å². The lowest BCUT2D eigenvalue weighted by atomic mass is 10.1. The molecule has 2 aromatic carbocycles. The molecule has 0 spiro atoms. The Labute approximate surface area is 127 Å². The van der Waals surface area contributed by atoms with Crippen LogP contribution in [0.2, 0.25) is 0 Å². The highest BCUT2D eigenvalue weighted by Crippen LogP contribution is 2.23. The van der Waals surface area contributed by atoms with E-state index in [4.69, 9.17) is 0 Å². The fourth-order valence-electron chi connectivity index (χ4n) is 3.01. The van der Waals surface area contributed by atoms with Crippen molar-refractivity contribution in [2.75, 3.05) is 13.1 Å². The summed E-state index contributed by atoms with van der Waals surface area (Å²) in [6.45, 7) is 5.44. The average Bonchev–Trinajstić information content (AvgIpc) is 3.05. The standard InChI is InChI=1S/C19H24N2/c1-16-9-11-17(12-10-16)15-20-19(21-13-5-6-14-21)18-7-3-2-4-8-18/h2-4,7-12,19-20H,5-6,13-15H2,1H3. The predicted octanol–water partition coefficient (Wildman–Crippen LogP) is 3.88. The molecular formula is C19H24N2. The second-order valence-corrected chi connectivity index (χ2v) is 5.92. The average molecular weight is 280 g/mol. The third-order valence-corrected chi connectivity index (χ3v) is 4.24. The summed E-state index contributed by atoms with van der Waals surface area (Å²) in [5.74, 6) is 0. The minimum Gasteiger partial charge on any atom is -0.294 e. The molecule has 1 atom stereocenters. The van der Waals surface area contributed by atoms with E-state index >= 15 is 0 Å². The first-order chi connectivity index (χ1) is 10.3. The van der Waals surface area contributed by atoms with Gasteiger partial charge in [-0.15, -0.1) is 0 Å². The first-order valence-corrected chi connectivity index (χ1v) is 7.91.